The van der Waals surface area contributed by atoms with Crippen LogP contribution in [0.2, 0.25) is 0 Å². The van der Waals surface area contributed by atoms with E-state index in [0.717, 1.165) is 29.4 Å². The number of aromatic nitrogens is 1. The third kappa shape index (κ3) is 2.92. The van der Waals surface area contributed by atoms with Crippen molar-refractivity contribution in [3.8, 4) is 0 Å². The first-order valence-electron chi connectivity index (χ1n) is 6.89. The van der Waals surface area contributed by atoms with Gasteiger partial charge in [0.15, 0.2) is 0 Å². The molecule has 1 aliphatic carbocycles. The lowest BCUT2D eigenvalue weighted by Crippen LogP contribution is -2.43. The number of nitrogens with zero attached hydrogens (tertiary/aromatic N) is 1. The summed E-state index contributed by atoms with van der Waals surface area (Å²) in [5.41, 5.74) is 6.99. The molecule has 0 bridgehead atoms. The monoisotopic (exact) mass is 331 g/mol. The van der Waals surface area contributed by atoms with Gasteiger partial charge in [0.25, 0.3) is 0 Å². The minimum Gasteiger partial charge on any atom is -0.271 e. The van der Waals surface area contributed by atoms with Crippen molar-refractivity contribution in [2.45, 2.75) is 25.3 Å². The van der Waals surface area contributed by atoms with Crippen molar-refractivity contribution in [3.05, 3.63) is 63.9 Å². The van der Waals surface area contributed by atoms with Gasteiger partial charge in [0.2, 0.25) is 0 Å². The molecule has 0 spiro atoms. The number of pyridine rings is 1. The van der Waals surface area contributed by atoms with E-state index in [4.69, 9.17) is 5.84 Å². The lowest BCUT2D eigenvalue weighted by atomic mass is 9.93. The standard InChI is InChI=1S/C16H18BrN3/c17-14-5-6-15(19-10-14)9-16(20-18)13-7-11-3-1-2-4-12(11)8-13/h1-6,10,13,16,20H,7-9,18H2. The summed E-state index contributed by atoms with van der Waals surface area (Å²) in [5.74, 6) is 6.32. The van der Waals surface area contributed by atoms with Crippen LogP contribution < -0.4 is 11.3 Å². The first-order valence-corrected chi connectivity index (χ1v) is 7.69. The first-order chi connectivity index (χ1) is 9.76. The van der Waals surface area contributed by atoms with Crippen molar-refractivity contribution in [1.29, 1.82) is 0 Å². The Hall–Kier alpha value is -1.23. The molecule has 3 N–H and O–H groups in total. The molecule has 4 heteroatoms. The number of fused-ring (bicyclic) bond motifs is 1. The lowest BCUT2D eigenvalue weighted by molar-refractivity contribution is 0.364. The molecule has 1 aromatic carbocycles. The summed E-state index contributed by atoms with van der Waals surface area (Å²) < 4.78 is 1.01. The van der Waals surface area contributed by atoms with E-state index in [9.17, 15) is 0 Å². The van der Waals surface area contributed by atoms with E-state index in [0.29, 0.717) is 5.92 Å². The Bertz CT molecular complexity index is 558. The number of hydrogen-bond acceptors (Lipinski definition) is 3. The molecule has 0 saturated carbocycles. The van der Waals surface area contributed by atoms with Gasteiger partial charge in [0, 0.05) is 28.8 Å². The van der Waals surface area contributed by atoms with Crippen molar-refractivity contribution in [1.82, 2.24) is 10.4 Å². The summed E-state index contributed by atoms with van der Waals surface area (Å²) >= 11 is 3.41. The van der Waals surface area contributed by atoms with Crippen LogP contribution in [0.1, 0.15) is 16.8 Å². The van der Waals surface area contributed by atoms with Crippen LogP contribution in [0, 0.1) is 5.92 Å². The molecular formula is C16H18BrN3. The zero-order valence-electron chi connectivity index (χ0n) is 11.2. The molecule has 1 atom stereocenters. The van der Waals surface area contributed by atoms with Crippen LogP contribution in [0.15, 0.2) is 47.1 Å². The van der Waals surface area contributed by atoms with Crippen LogP contribution in [0.5, 0.6) is 0 Å². The number of hydrogen-bond donors (Lipinski definition) is 2. The second-order valence-electron chi connectivity index (χ2n) is 5.38. The Kier molecular flexibility index (Phi) is 4.15. The highest BCUT2D eigenvalue weighted by atomic mass is 79.9. The Morgan fingerprint density at radius 2 is 1.90 bits per heavy atom. The summed E-state index contributed by atoms with van der Waals surface area (Å²) in [5, 5.41) is 0. The van der Waals surface area contributed by atoms with Crippen molar-refractivity contribution in [2.75, 3.05) is 0 Å². The third-order valence-corrected chi connectivity index (χ3v) is 4.55. The van der Waals surface area contributed by atoms with Gasteiger partial charge in [-0.25, -0.2) is 0 Å². The minimum atomic E-state index is 0.260. The number of hydrazine groups is 1. The van der Waals surface area contributed by atoms with Crippen LogP contribution in [-0.4, -0.2) is 11.0 Å². The van der Waals surface area contributed by atoms with Crippen LogP contribution in [0.3, 0.4) is 0 Å². The van der Waals surface area contributed by atoms with Gasteiger partial charge < -0.3 is 0 Å². The quantitative estimate of drug-likeness (QED) is 0.668. The highest BCUT2D eigenvalue weighted by Crippen LogP contribution is 2.29. The Morgan fingerprint density at radius 1 is 1.20 bits per heavy atom. The van der Waals surface area contributed by atoms with Gasteiger partial charge in [-0.1, -0.05) is 24.3 Å². The van der Waals surface area contributed by atoms with Gasteiger partial charge in [0.1, 0.15) is 0 Å². The second-order valence-corrected chi connectivity index (χ2v) is 6.30. The van der Waals surface area contributed by atoms with Crippen molar-refractivity contribution < 1.29 is 0 Å². The molecule has 3 nitrogen and oxygen atoms in total. The maximum atomic E-state index is 5.78. The van der Waals surface area contributed by atoms with E-state index < -0.39 is 0 Å². The fourth-order valence-corrected chi connectivity index (χ4v) is 3.23. The number of nitrogens with two attached hydrogens (primary N) is 1. The second kappa shape index (κ2) is 6.04. The van der Waals surface area contributed by atoms with E-state index in [-0.39, 0.29) is 6.04 Å². The van der Waals surface area contributed by atoms with Crippen LogP contribution in [0.25, 0.3) is 0 Å². The zero-order chi connectivity index (χ0) is 13.9. The molecule has 1 aliphatic rings. The fourth-order valence-electron chi connectivity index (χ4n) is 2.99. The van der Waals surface area contributed by atoms with Gasteiger partial charge in [-0.05, 0) is 57.9 Å². The molecule has 0 fully saturated rings. The van der Waals surface area contributed by atoms with Gasteiger partial charge in [0.05, 0.1) is 0 Å². The summed E-state index contributed by atoms with van der Waals surface area (Å²) in [7, 11) is 0. The molecule has 1 heterocycles. The van der Waals surface area contributed by atoms with Crippen LogP contribution >= 0.6 is 15.9 Å². The molecule has 2 aromatic rings. The summed E-state index contributed by atoms with van der Waals surface area (Å²) in [4.78, 5) is 4.44. The third-order valence-electron chi connectivity index (χ3n) is 4.08. The maximum Gasteiger partial charge on any atom is 0.0420 e. The van der Waals surface area contributed by atoms with Crippen molar-refractivity contribution in [3.63, 3.8) is 0 Å². The maximum absolute atomic E-state index is 5.78. The fraction of sp³-hybridized carbons (Fsp3) is 0.312. The van der Waals surface area contributed by atoms with E-state index in [1.807, 2.05) is 12.3 Å². The smallest absolute Gasteiger partial charge is 0.0420 e. The predicted molar refractivity (Wildman–Crippen MR) is 84.1 cm³/mol. The first kappa shape index (κ1) is 13.7. The summed E-state index contributed by atoms with van der Waals surface area (Å²) in [6.45, 7) is 0. The normalized spacial score (nSPS) is 16.1. The van der Waals surface area contributed by atoms with Gasteiger partial charge in [-0.15, -0.1) is 0 Å². The molecule has 1 aromatic heterocycles. The van der Waals surface area contributed by atoms with Crippen molar-refractivity contribution in [2.24, 2.45) is 11.8 Å². The average molecular weight is 332 g/mol. The molecule has 0 saturated heterocycles. The minimum absolute atomic E-state index is 0.260. The van der Waals surface area contributed by atoms with Gasteiger partial charge >= 0.3 is 0 Å². The highest BCUT2D eigenvalue weighted by molar-refractivity contribution is 9.10. The van der Waals surface area contributed by atoms with Gasteiger partial charge in [-0.3, -0.25) is 16.3 Å². The van der Waals surface area contributed by atoms with Crippen LogP contribution in [-0.2, 0) is 19.3 Å². The molecule has 3 rings (SSSR count). The average Bonchev–Trinajstić information content (AvgIpc) is 2.90. The number of benzene rings is 1. The molecule has 104 valence electrons. The predicted octanol–water partition coefficient (Wildman–Crippen LogP) is 2.63. The number of halogens is 1. The zero-order valence-corrected chi connectivity index (χ0v) is 12.8. The Morgan fingerprint density at radius 3 is 2.45 bits per heavy atom. The topological polar surface area (TPSA) is 50.9 Å². The highest BCUT2D eigenvalue weighted by Gasteiger charge is 2.28. The lowest BCUT2D eigenvalue weighted by Gasteiger charge is -2.22. The Labute approximate surface area is 127 Å². The number of rotatable bonds is 4. The van der Waals surface area contributed by atoms with Crippen LogP contribution in [0.4, 0.5) is 0 Å². The molecule has 0 radical (unpaired) electrons. The molecule has 0 amide bonds. The van der Waals surface area contributed by atoms with E-state index >= 15 is 0 Å². The van der Waals surface area contributed by atoms with E-state index in [1.165, 1.54) is 11.1 Å². The summed E-state index contributed by atoms with van der Waals surface area (Å²) in [6, 6.07) is 13.0. The summed E-state index contributed by atoms with van der Waals surface area (Å²) in [6.07, 6.45) is 4.90. The molecule has 20 heavy (non-hydrogen) atoms. The Balaban J connectivity index is 1.71. The van der Waals surface area contributed by atoms with E-state index in [1.54, 1.807) is 0 Å². The molecule has 0 aliphatic heterocycles. The molecular weight excluding hydrogens is 314 g/mol. The number of nitrogens with one attached hydrogen (secondary N) is 1. The van der Waals surface area contributed by atoms with E-state index in [2.05, 4.69) is 56.7 Å². The SMILES string of the molecule is NNC(Cc1ccc(Br)cn1)C1Cc2ccccc2C1. The van der Waals surface area contributed by atoms with Gasteiger partial charge in [-0.2, -0.15) is 0 Å². The van der Waals surface area contributed by atoms with Crippen molar-refractivity contribution >= 4 is 15.9 Å². The molecule has 1 unspecified atom stereocenters. The largest absolute Gasteiger partial charge is 0.271 e.